The van der Waals surface area contributed by atoms with E-state index in [9.17, 15) is 13.2 Å². The molecule has 0 radical (unpaired) electrons. The van der Waals surface area contributed by atoms with Gasteiger partial charge in [0, 0.05) is 24.0 Å². The van der Waals surface area contributed by atoms with E-state index in [2.05, 4.69) is 44.0 Å². The molecule has 1 aromatic carbocycles. The van der Waals surface area contributed by atoms with Crippen LogP contribution in [0.15, 0.2) is 40.3 Å². The quantitative estimate of drug-likeness (QED) is 0.467. The van der Waals surface area contributed by atoms with Crippen LogP contribution in [-0.4, -0.2) is 59.6 Å². The molecule has 4 aromatic rings. The standard InChI is InChI=1S/C21H23N5O3S/c1-26-7-5-12(6-8-26)13-3-4-15-16(9-13)25-20(24-15)18-19-14(10-23-21(18)27)17(11-22-19)30(2,28)29/h3-4,9-12,22H,5-8H2,1-2H3,(H,23,27)(H,24,25). The van der Waals surface area contributed by atoms with E-state index in [-0.39, 0.29) is 10.5 Å². The number of imidazole rings is 1. The third-order valence-electron chi connectivity index (χ3n) is 6.04. The molecule has 156 valence electrons. The Morgan fingerprint density at radius 2 is 1.90 bits per heavy atom. The Balaban J connectivity index is 1.61. The third kappa shape index (κ3) is 3.14. The number of H-pyrrole nitrogens is 3. The normalized spacial score (nSPS) is 16.6. The minimum Gasteiger partial charge on any atom is -0.359 e. The van der Waals surface area contributed by atoms with Gasteiger partial charge in [0.15, 0.2) is 9.84 Å². The zero-order valence-corrected chi connectivity index (χ0v) is 17.6. The predicted octanol–water partition coefficient (Wildman–Crippen LogP) is 2.61. The molecule has 0 aliphatic carbocycles. The molecule has 8 nitrogen and oxygen atoms in total. The highest BCUT2D eigenvalue weighted by Crippen LogP contribution is 2.31. The van der Waals surface area contributed by atoms with Crippen molar-refractivity contribution in [2.75, 3.05) is 26.4 Å². The van der Waals surface area contributed by atoms with Gasteiger partial charge in [-0.2, -0.15) is 0 Å². The number of aromatic amines is 3. The molecule has 1 aliphatic heterocycles. The van der Waals surface area contributed by atoms with Crippen LogP contribution in [0.4, 0.5) is 0 Å². The van der Waals surface area contributed by atoms with Crippen LogP contribution in [0.25, 0.3) is 33.3 Å². The van der Waals surface area contributed by atoms with E-state index < -0.39 is 9.84 Å². The summed E-state index contributed by atoms with van der Waals surface area (Å²) in [4.78, 5) is 28.6. The number of nitrogens with one attached hydrogen (secondary N) is 3. The van der Waals surface area contributed by atoms with Crippen molar-refractivity contribution in [2.24, 2.45) is 0 Å². The molecule has 0 bridgehead atoms. The van der Waals surface area contributed by atoms with E-state index in [1.807, 2.05) is 6.07 Å². The van der Waals surface area contributed by atoms with Crippen molar-refractivity contribution in [1.82, 2.24) is 24.8 Å². The maximum Gasteiger partial charge on any atom is 0.261 e. The second kappa shape index (κ2) is 6.82. The lowest BCUT2D eigenvalue weighted by atomic mass is 9.89. The Hall–Kier alpha value is -2.91. The first kappa shape index (κ1) is 19.1. The monoisotopic (exact) mass is 425 g/mol. The molecular formula is C21H23N5O3S. The van der Waals surface area contributed by atoms with E-state index in [0.717, 1.165) is 43.2 Å². The minimum atomic E-state index is -3.43. The van der Waals surface area contributed by atoms with Crippen LogP contribution in [0.5, 0.6) is 0 Å². The molecule has 3 N–H and O–H groups in total. The number of rotatable bonds is 3. The summed E-state index contributed by atoms with van der Waals surface area (Å²) >= 11 is 0. The average Bonchev–Trinajstić information content (AvgIpc) is 3.31. The van der Waals surface area contributed by atoms with Crippen molar-refractivity contribution in [3.8, 4) is 11.4 Å². The van der Waals surface area contributed by atoms with Crippen LogP contribution in [0.2, 0.25) is 0 Å². The molecule has 0 amide bonds. The molecule has 1 fully saturated rings. The zero-order chi connectivity index (χ0) is 21.0. The molecule has 0 saturated carbocycles. The molecule has 4 heterocycles. The van der Waals surface area contributed by atoms with Crippen molar-refractivity contribution in [3.05, 3.63) is 46.5 Å². The fourth-order valence-corrected chi connectivity index (χ4v) is 5.19. The van der Waals surface area contributed by atoms with E-state index in [1.165, 1.54) is 18.0 Å². The summed E-state index contributed by atoms with van der Waals surface area (Å²) in [6.07, 6.45) is 6.22. The summed E-state index contributed by atoms with van der Waals surface area (Å²) in [6.45, 7) is 2.17. The van der Waals surface area contributed by atoms with Crippen molar-refractivity contribution in [1.29, 1.82) is 0 Å². The van der Waals surface area contributed by atoms with Crippen molar-refractivity contribution in [3.63, 3.8) is 0 Å². The smallest absolute Gasteiger partial charge is 0.261 e. The molecular weight excluding hydrogens is 402 g/mol. The number of benzene rings is 1. The summed E-state index contributed by atoms with van der Waals surface area (Å²) < 4.78 is 24.1. The number of fused-ring (bicyclic) bond motifs is 2. The SMILES string of the molecule is CN1CCC(c2ccc3[nH]c(-c4c(=O)[nH]cc5c(S(C)(=O)=O)c[nH]c45)nc3c2)CC1. The number of sulfone groups is 1. The van der Waals surface area contributed by atoms with E-state index in [1.54, 1.807) is 0 Å². The molecule has 30 heavy (non-hydrogen) atoms. The Labute approximate surface area is 173 Å². The van der Waals surface area contributed by atoms with Crippen LogP contribution in [0, 0.1) is 0 Å². The van der Waals surface area contributed by atoms with Crippen LogP contribution >= 0.6 is 0 Å². The van der Waals surface area contributed by atoms with Crippen LogP contribution in [0.3, 0.4) is 0 Å². The first-order chi connectivity index (χ1) is 14.3. The summed E-state index contributed by atoms with van der Waals surface area (Å²) in [6, 6.07) is 6.22. The summed E-state index contributed by atoms with van der Waals surface area (Å²) in [5.41, 5.74) is 3.33. The fraction of sp³-hybridized carbons (Fsp3) is 0.333. The van der Waals surface area contributed by atoms with Gasteiger partial charge in [0.2, 0.25) is 0 Å². The molecule has 9 heteroatoms. The number of piperidine rings is 1. The molecule has 3 aromatic heterocycles. The topological polar surface area (TPSA) is 115 Å². The highest BCUT2D eigenvalue weighted by Gasteiger charge is 2.22. The third-order valence-corrected chi connectivity index (χ3v) is 7.18. The van der Waals surface area contributed by atoms with Crippen LogP contribution in [0.1, 0.15) is 24.3 Å². The minimum absolute atomic E-state index is 0.149. The molecule has 0 spiro atoms. The lowest BCUT2D eigenvalue weighted by Gasteiger charge is -2.29. The zero-order valence-electron chi connectivity index (χ0n) is 16.8. The number of aromatic nitrogens is 4. The summed E-state index contributed by atoms with van der Waals surface area (Å²) in [7, 11) is -1.29. The van der Waals surface area contributed by atoms with Crippen molar-refractivity contribution < 1.29 is 8.42 Å². The number of pyridine rings is 1. The Kier molecular flexibility index (Phi) is 4.33. The summed E-state index contributed by atoms with van der Waals surface area (Å²) in [5, 5.41) is 0.444. The van der Waals surface area contributed by atoms with Gasteiger partial charge < -0.3 is 19.9 Å². The Morgan fingerprint density at radius 1 is 1.13 bits per heavy atom. The van der Waals surface area contributed by atoms with Crippen molar-refractivity contribution >= 4 is 31.8 Å². The first-order valence-corrected chi connectivity index (χ1v) is 11.8. The van der Waals surface area contributed by atoms with Gasteiger partial charge in [-0.15, -0.1) is 0 Å². The van der Waals surface area contributed by atoms with Gasteiger partial charge in [0.25, 0.3) is 5.56 Å². The summed E-state index contributed by atoms with van der Waals surface area (Å²) in [5.74, 6) is 0.928. The maximum atomic E-state index is 12.6. The van der Waals surface area contributed by atoms with Gasteiger partial charge in [-0.1, -0.05) is 6.07 Å². The molecule has 1 aliphatic rings. The highest BCUT2D eigenvalue weighted by atomic mass is 32.2. The van der Waals surface area contributed by atoms with E-state index in [0.29, 0.717) is 28.2 Å². The second-order valence-electron chi connectivity index (χ2n) is 8.15. The maximum absolute atomic E-state index is 12.6. The molecule has 0 atom stereocenters. The van der Waals surface area contributed by atoms with E-state index in [4.69, 9.17) is 0 Å². The van der Waals surface area contributed by atoms with Gasteiger partial charge in [-0.05, 0) is 56.6 Å². The van der Waals surface area contributed by atoms with E-state index >= 15 is 0 Å². The second-order valence-corrected chi connectivity index (χ2v) is 10.1. The Bertz CT molecular complexity index is 1420. The molecule has 0 unspecified atom stereocenters. The van der Waals surface area contributed by atoms with Gasteiger partial charge in [0.05, 0.1) is 21.4 Å². The number of likely N-dealkylation sites (tertiary alicyclic amines) is 1. The molecule has 5 rings (SSSR count). The van der Waals surface area contributed by atoms with Crippen molar-refractivity contribution in [2.45, 2.75) is 23.7 Å². The highest BCUT2D eigenvalue weighted by molar-refractivity contribution is 7.91. The van der Waals surface area contributed by atoms with Gasteiger partial charge >= 0.3 is 0 Å². The first-order valence-electron chi connectivity index (χ1n) is 9.92. The van der Waals surface area contributed by atoms with Gasteiger partial charge in [0.1, 0.15) is 11.4 Å². The van der Waals surface area contributed by atoms with Gasteiger partial charge in [-0.3, -0.25) is 4.79 Å². The number of hydrogen-bond acceptors (Lipinski definition) is 5. The fourth-order valence-electron chi connectivity index (χ4n) is 4.36. The number of nitrogens with zero attached hydrogens (tertiary/aromatic N) is 2. The largest absolute Gasteiger partial charge is 0.359 e. The molecule has 1 saturated heterocycles. The lowest BCUT2D eigenvalue weighted by Crippen LogP contribution is -2.29. The number of hydrogen-bond donors (Lipinski definition) is 3. The Morgan fingerprint density at radius 3 is 2.63 bits per heavy atom. The lowest BCUT2D eigenvalue weighted by molar-refractivity contribution is 0.255. The van der Waals surface area contributed by atoms with Crippen LogP contribution in [-0.2, 0) is 9.84 Å². The van der Waals surface area contributed by atoms with Crippen LogP contribution < -0.4 is 5.56 Å². The average molecular weight is 426 g/mol. The predicted molar refractivity (Wildman–Crippen MR) is 117 cm³/mol. The van der Waals surface area contributed by atoms with Gasteiger partial charge in [-0.25, -0.2) is 13.4 Å².